The maximum Gasteiger partial charge on any atom is 0.303 e. The zero-order valence-corrected chi connectivity index (χ0v) is 17.4. The Morgan fingerprint density at radius 3 is 2.23 bits per heavy atom. The summed E-state index contributed by atoms with van der Waals surface area (Å²) < 4.78 is 26.2. The highest BCUT2D eigenvalue weighted by Gasteiger charge is 2.18. The highest BCUT2D eigenvalue weighted by Crippen LogP contribution is 2.19. The number of hydrogen-bond acceptors (Lipinski definition) is 4. The number of unbranched alkanes of at least 4 members (excludes halogenated alkanes) is 3. The molecule has 0 bridgehead atoms. The van der Waals surface area contributed by atoms with Crippen molar-refractivity contribution in [2.24, 2.45) is 5.92 Å². The Balaban J connectivity index is 2.26. The van der Waals surface area contributed by atoms with Crippen molar-refractivity contribution in [3.05, 3.63) is 35.4 Å². The molecule has 5 nitrogen and oxygen atoms in total. The van der Waals surface area contributed by atoms with Crippen molar-refractivity contribution >= 4 is 5.97 Å². The molecule has 168 valence electrons. The van der Waals surface area contributed by atoms with E-state index in [4.69, 9.17) is 5.11 Å². The quantitative estimate of drug-likeness (QED) is 0.285. The van der Waals surface area contributed by atoms with Crippen LogP contribution < -0.4 is 0 Å². The minimum Gasteiger partial charge on any atom is -0.481 e. The third-order valence-electron chi connectivity index (χ3n) is 4.99. The Bertz CT molecular complexity index is 693. The summed E-state index contributed by atoms with van der Waals surface area (Å²) in [6, 6.07) is 2.88. The van der Waals surface area contributed by atoms with E-state index >= 15 is 0 Å². The Hall–Kier alpha value is -2.01. The van der Waals surface area contributed by atoms with Gasteiger partial charge in [-0.25, -0.2) is 8.78 Å². The van der Waals surface area contributed by atoms with Crippen LogP contribution in [0.3, 0.4) is 0 Å². The van der Waals surface area contributed by atoms with Gasteiger partial charge in [-0.1, -0.05) is 38.0 Å². The first-order valence-corrected chi connectivity index (χ1v) is 10.4. The molecule has 7 heteroatoms. The van der Waals surface area contributed by atoms with Gasteiger partial charge in [0.1, 0.15) is 17.7 Å². The molecule has 2 unspecified atom stereocenters. The molecule has 0 aliphatic rings. The lowest BCUT2D eigenvalue weighted by atomic mass is 9.92. The number of hydrogen-bond donors (Lipinski definition) is 4. The Labute approximate surface area is 176 Å². The standard InChI is InChI=1S/C23H32F2O5/c1-16(6-4-2-3-5-7-23(29)30)22(28)15-21(27)11-10-20(26)9-8-17-12-18(24)14-19(25)13-17/h12-14,16,20-22,26-28H,2-7,10-11,15H2,1H3,(H,29,30)/t16-,20?,21?,22-/m0/s1. The molecule has 0 aliphatic heterocycles. The molecule has 4 N–H and O–H groups in total. The van der Waals surface area contributed by atoms with Crippen LogP contribution in [0.15, 0.2) is 18.2 Å². The highest BCUT2D eigenvalue weighted by molar-refractivity contribution is 5.66. The molecule has 0 aliphatic carbocycles. The van der Waals surface area contributed by atoms with Crippen molar-refractivity contribution in [2.75, 3.05) is 0 Å². The highest BCUT2D eigenvalue weighted by atomic mass is 19.1. The van der Waals surface area contributed by atoms with Crippen LogP contribution in [0, 0.1) is 29.4 Å². The van der Waals surface area contributed by atoms with Gasteiger partial charge in [0.2, 0.25) is 0 Å². The summed E-state index contributed by atoms with van der Waals surface area (Å²) in [4.78, 5) is 10.4. The van der Waals surface area contributed by atoms with Crippen molar-refractivity contribution in [3.8, 4) is 11.8 Å². The van der Waals surface area contributed by atoms with E-state index in [0.29, 0.717) is 6.42 Å². The fourth-order valence-corrected chi connectivity index (χ4v) is 3.13. The predicted octanol–water partition coefficient (Wildman–Crippen LogP) is 3.63. The summed E-state index contributed by atoms with van der Waals surface area (Å²) in [5.41, 5.74) is 0.124. The summed E-state index contributed by atoms with van der Waals surface area (Å²) in [6.07, 6.45) is 2.38. The third-order valence-corrected chi connectivity index (χ3v) is 4.99. The summed E-state index contributed by atoms with van der Waals surface area (Å²) in [5.74, 6) is 2.74. The first-order valence-electron chi connectivity index (χ1n) is 10.4. The fraction of sp³-hybridized carbons (Fsp3) is 0.609. The van der Waals surface area contributed by atoms with Gasteiger partial charge >= 0.3 is 5.97 Å². The van der Waals surface area contributed by atoms with Gasteiger partial charge in [0.15, 0.2) is 0 Å². The molecule has 0 radical (unpaired) electrons. The molecule has 0 saturated carbocycles. The van der Waals surface area contributed by atoms with Crippen LogP contribution in [0.2, 0.25) is 0 Å². The number of aliphatic hydroxyl groups is 3. The maximum absolute atomic E-state index is 13.1. The van der Waals surface area contributed by atoms with Gasteiger partial charge in [-0.15, -0.1) is 0 Å². The number of carboxylic acid groups (broad SMARTS) is 1. The average molecular weight is 427 g/mol. The number of aliphatic carboxylic acids is 1. The van der Waals surface area contributed by atoms with Gasteiger partial charge in [-0.05, 0) is 50.2 Å². The topological polar surface area (TPSA) is 98.0 Å². The third kappa shape index (κ3) is 11.9. The van der Waals surface area contributed by atoms with E-state index in [9.17, 15) is 28.9 Å². The molecule has 0 amide bonds. The lowest BCUT2D eigenvalue weighted by Crippen LogP contribution is -2.25. The molecular formula is C23H32F2O5. The van der Waals surface area contributed by atoms with Gasteiger partial charge in [0.25, 0.3) is 0 Å². The summed E-state index contributed by atoms with van der Waals surface area (Å²) in [7, 11) is 0. The van der Waals surface area contributed by atoms with Crippen molar-refractivity contribution in [1.29, 1.82) is 0 Å². The molecule has 1 aromatic carbocycles. The summed E-state index contributed by atoms with van der Waals surface area (Å²) in [6.45, 7) is 1.91. The minimum atomic E-state index is -1.05. The van der Waals surface area contributed by atoms with Crippen molar-refractivity contribution in [3.63, 3.8) is 0 Å². The first kappa shape index (κ1) is 26.0. The zero-order valence-electron chi connectivity index (χ0n) is 17.4. The molecule has 0 fully saturated rings. The van der Waals surface area contributed by atoms with Crippen LogP contribution in [-0.2, 0) is 4.79 Å². The zero-order chi connectivity index (χ0) is 22.5. The number of aliphatic hydroxyl groups excluding tert-OH is 3. The van der Waals surface area contributed by atoms with Crippen LogP contribution in [0.1, 0.15) is 70.3 Å². The van der Waals surface area contributed by atoms with Crippen molar-refractivity contribution in [2.45, 2.75) is 83.0 Å². The normalized spacial score (nSPS) is 15.0. The smallest absolute Gasteiger partial charge is 0.303 e. The molecule has 0 spiro atoms. The second kappa shape index (κ2) is 14.1. The molecule has 4 atom stereocenters. The monoisotopic (exact) mass is 426 g/mol. The Kier molecular flexibility index (Phi) is 12.2. The van der Waals surface area contributed by atoms with Crippen LogP contribution in [-0.4, -0.2) is 44.7 Å². The SMILES string of the molecule is C[C@@H](CCCCCCC(=O)O)[C@@H](O)CC(O)CCC(O)C#Cc1cc(F)cc(F)c1. The second-order valence-corrected chi connectivity index (χ2v) is 7.80. The Morgan fingerprint density at radius 2 is 1.60 bits per heavy atom. The molecule has 0 heterocycles. The second-order valence-electron chi connectivity index (χ2n) is 7.80. The van der Waals surface area contributed by atoms with E-state index in [1.54, 1.807) is 0 Å². The van der Waals surface area contributed by atoms with Crippen molar-refractivity contribution in [1.82, 2.24) is 0 Å². The van der Waals surface area contributed by atoms with Gasteiger partial charge in [-0.2, -0.15) is 0 Å². The average Bonchev–Trinajstić information content (AvgIpc) is 2.66. The molecular weight excluding hydrogens is 394 g/mol. The van der Waals surface area contributed by atoms with Gasteiger partial charge in [0.05, 0.1) is 12.2 Å². The van der Waals surface area contributed by atoms with Crippen molar-refractivity contribution < 1.29 is 34.0 Å². The van der Waals surface area contributed by atoms with E-state index in [0.717, 1.165) is 43.9 Å². The predicted molar refractivity (Wildman–Crippen MR) is 110 cm³/mol. The van der Waals surface area contributed by atoms with E-state index < -0.39 is 35.9 Å². The van der Waals surface area contributed by atoms with Gasteiger partial charge in [0, 0.05) is 18.1 Å². The molecule has 1 aromatic rings. The van der Waals surface area contributed by atoms with Crippen LogP contribution in [0.25, 0.3) is 0 Å². The number of rotatable bonds is 13. The van der Waals surface area contributed by atoms with Crippen LogP contribution in [0.4, 0.5) is 8.78 Å². The molecule has 1 rings (SSSR count). The number of benzene rings is 1. The summed E-state index contributed by atoms with van der Waals surface area (Å²) >= 11 is 0. The van der Waals surface area contributed by atoms with Gasteiger partial charge < -0.3 is 20.4 Å². The minimum absolute atomic E-state index is 0.00622. The molecule has 0 saturated heterocycles. The number of carboxylic acids is 1. The summed E-state index contributed by atoms with van der Waals surface area (Å²) in [5, 5.41) is 38.8. The first-order chi connectivity index (χ1) is 14.2. The number of carbonyl (C=O) groups is 1. The molecule has 30 heavy (non-hydrogen) atoms. The number of halogens is 2. The van der Waals surface area contributed by atoms with E-state index in [1.165, 1.54) is 0 Å². The molecule has 0 aromatic heterocycles. The maximum atomic E-state index is 13.1. The van der Waals surface area contributed by atoms with Gasteiger partial charge in [-0.3, -0.25) is 4.79 Å². The van der Waals surface area contributed by atoms with Crippen LogP contribution >= 0.6 is 0 Å². The largest absolute Gasteiger partial charge is 0.481 e. The van der Waals surface area contributed by atoms with Crippen LogP contribution in [0.5, 0.6) is 0 Å². The van der Waals surface area contributed by atoms with E-state index in [-0.39, 0.29) is 37.2 Å². The lowest BCUT2D eigenvalue weighted by molar-refractivity contribution is -0.137. The lowest BCUT2D eigenvalue weighted by Gasteiger charge is -2.22. The Morgan fingerprint density at radius 1 is 0.967 bits per heavy atom. The van der Waals surface area contributed by atoms with E-state index in [1.807, 2.05) is 6.92 Å². The van der Waals surface area contributed by atoms with E-state index in [2.05, 4.69) is 11.8 Å². The fourth-order valence-electron chi connectivity index (χ4n) is 3.13.